The molecule has 0 spiro atoms. The summed E-state index contributed by atoms with van der Waals surface area (Å²) in [6, 6.07) is 3.75. The molecular weight excluding hydrogens is 358 g/mol. The number of ketones is 1. The van der Waals surface area contributed by atoms with E-state index >= 15 is 0 Å². The Hall–Kier alpha value is -2.80. The first-order chi connectivity index (χ1) is 13.6. The lowest BCUT2D eigenvalue weighted by atomic mass is 9.96. The molecule has 2 aliphatic rings. The van der Waals surface area contributed by atoms with Crippen molar-refractivity contribution in [2.45, 2.75) is 51.6 Å². The first kappa shape index (κ1) is 17.3. The zero-order chi connectivity index (χ0) is 19.4. The molecule has 0 N–H and O–H groups in total. The molecule has 1 aliphatic heterocycles. The molecule has 3 aromatic rings. The summed E-state index contributed by atoms with van der Waals surface area (Å²) in [7, 11) is 0. The van der Waals surface area contributed by atoms with Crippen LogP contribution in [-0.2, 0) is 9.53 Å². The third-order valence-corrected chi connectivity index (χ3v) is 5.68. The highest BCUT2D eigenvalue weighted by atomic mass is 16.5. The quantitative estimate of drug-likeness (QED) is 0.497. The Morgan fingerprint density at radius 3 is 2.68 bits per heavy atom. The molecule has 0 amide bonds. The number of imidazole rings is 1. The fraction of sp³-hybridized carbons (Fsp3) is 0.429. The number of hydrogen-bond donors (Lipinski definition) is 0. The molecular formula is C21H21N3O4. The third-order valence-electron chi connectivity index (χ3n) is 5.68. The fourth-order valence-electron chi connectivity index (χ4n) is 4.14. The van der Waals surface area contributed by atoms with Crippen molar-refractivity contribution >= 4 is 23.2 Å². The van der Waals surface area contributed by atoms with Crippen LogP contribution in [0.2, 0.25) is 0 Å². The highest BCUT2D eigenvalue weighted by Gasteiger charge is 2.33. The summed E-state index contributed by atoms with van der Waals surface area (Å²) in [6.45, 7) is 4.30. The van der Waals surface area contributed by atoms with Crippen molar-refractivity contribution in [2.24, 2.45) is 0 Å². The van der Waals surface area contributed by atoms with Gasteiger partial charge in [-0.3, -0.25) is 14.2 Å². The summed E-state index contributed by atoms with van der Waals surface area (Å²) in [5, 5.41) is 4.03. The van der Waals surface area contributed by atoms with Crippen molar-refractivity contribution in [1.82, 2.24) is 14.7 Å². The zero-order valence-corrected chi connectivity index (χ0v) is 15.9. The number of aromatic nitrogens is 3. The highest BCUT2D eigenvalue weighted by molar-refractivity contribution is 6.10. The van der Waals surface area contributed by atoms with Gasteiger partial charge in [-0.25, -0.2) is 4.98 Å². The van der Waals surface area contributed by atoms with Crippen LogP contribution < -0.4 is 0 Å². The van der Waals surface area contributed by atoms with E-state index in [1.54, 1.807) is 4.57 Å². The number of ether oxygens (including phenoxy) is 1. The monoisotopic (exact) mass is 379 g/mol. The van der Waals surface area contributed by atoms with Crippen LogP contribution in [0.1, 0.15) is 59.2 Å². The lowest BCUT2D eigenvalue weighted by molar-refractivity contribution is 0.0644. The Morgan fingerprint density at radius 1 is 1.25 bits per heavy atom. The zero-order valence-electron chi connectivity index (χ0n) is 15.9. The summed E-state index contributed by atoms with van der Waals surface area (Å²) in [5.74, 6) is 1.62. The van der Waals surface area contributed by atoms with E-state index in [4.69, 9.17) is 14.2 Å². The molecule has 0 radical (unpaired) electrons. The van der Waals surface area contributed by atoms with Gasteiger partial charge in [0.1, 0.15) is 23.2 Å². The SMILES string of the molecule is Cc1noc(C)c1-c1cc(C(=O)C2CCCO2)c2nc(C3CC3)n(C=O)c2c1. The summed E-state index contributed by atoms with van der Waals surface area (Å²) < 4.78 is 12.5. The van der Waals surface area contributed by atoms with Crippen molar-refractivity contribution in [3.63, 3.8) is 0 Å². The molecule has 1 aliphatic carbocycles. The Kier molecular flexibility index (Phi) is 3.94. The fourth-order valence-corrected chi connectivity index (χ4v) is 4.14. The van der Waals surface area contributed by atoms with Gasteiger partial charge in [-0.05, 0) is 57.2 Å². The minimum Gasteiger partial charge on any atom is -0.370 e. The molecule has 7 heteroatoms. The number of aryl methyl sites for hydroxylation is 2. The van der Waals surface area contributed by atoms with E-state index in [0.717, 1.165) is 48.3 Å². The van der Waals surface area contributed by atoms with Crippen LogP contribution in [0.25, 0.3) is 22.2 Å². The Labute approximate surface area is 161 Å². The van der Waals surface area contributed by atoms with Gasteiger partial charge in [-0.1, -0.05) is 5.16 Å². The molecule has 1 aromatic carbocycles. The first-order valence-electron chi connectivity index (χ1n) is 9.68. The van der Waals surface area contributed by atoms with Gasteiger partial charge in [0.15, 0.2) is 5.78 Å². The molecule has 3 heterocycles. The maximum absolute atomic E-state index is 13.2. The van der Waals surface area contributed by atoms with Gasteiger partial charge in [0.05, 0.1) is 11.2 Å². The predicted octanol–water partition coefficient (Wildman–Crippen LogP) is 3.59. The van der Waals surface area contributed by atoms with Gasteiger partial charge < -0.3 is 9.26 Å². The van der Waals surface area contributed by atoms with Gasteiger partial charge in [0, 0.05) is 23.7 Å². The second-order valence-corrected chi connectivity index (χ2v) is 7.68. The molecule has 144 valence electrons. The van der Waals surface area contributed by atoms with Gasteiger partial charge in [0.25, 0.3) is 0 Å². The smallest absolute Gasteiger partial charge is 0.219 e. The number of fused-ring (bicyclic) bond motifs is 1. The van der Waals surface area contributed by atoms with Gasteiger partial charge in [0.2, 0.25) is 6.41 Å². The normalized spacial score (nSPS) is 19.4. The highest BCUT2D eigenvalue weighted by Crippen LogP contribution is 2.42. The number of Topliss-reactive ketones (excluding diaryl/α,β-unsaturated/α-hetero) is 1. The maximum atomic E-state index is 13.2. The Balaban J connectivity index is 1.78. The summed E-state index contributed by atoms with van der Waals surface area (Å²) in [4.78, 5) is 29.9. The molecule has 5 rings (SSSR count). The van der Waals surface area contributed by atoms with E-state index < -0.39 is 6.10 Å². The average molecular weight is 379 g/mol. The van der Waals surface area contributed by atoms with E-state index in [1.165, 1.54) is 0 Å². The molecule has 2 fully saturated rings. The van der Waals surface area contributed by atoms with Crippen molar-refractivity contribution < 1.29 is 18.8 Å². The van der Waals surface area contributed by atoms with E-state index in [9.17, 15) is 9.59 Å². The van der Waals surface area contributed by atoms with Gasteiger partial charge in [-0.15, -0.1) is 0 Å². The number of rotatable bonds is 5. The Morgan fingerprint density at radius 2 is 2.07 bits per heavy atom. The van der Waals surface area contributed by atoms with Crippen LogP contribution in [0.15, 0.2) is 16.7 Å². The van der Waals surface area contributed by atoms with Gasteiger partial charge >= 0.3 is 0 Å². The van der Waals surface area contributed by atoms with Crippen LogP contribution in [0.3, 0.4) is 0 Å². The van der Waals surface area contributed by atoms with Crippen LogP contribution in [0, 0.1) is 13.8 Å². The largest absolute Gasteiger partial charge is 0.370 e. The van der Waals surface area contributed by atoms with Crippen molar-refractivity contribution in [3.05, 3.63) is 35.0 Å². The van der Waals surface area contributed by atoms with E-state index in [2.05, 4.69) is 5.16 Å². The van der Waals surface area contributed by atoms with Crippen LogP contribution in [0.4, 0.5) is 0 Å². The second-order valence-electron chi connectivity index (χ2n) is 7.68. The number of carbonyl (C=O) groups excluding carboxylic acids is 2. The van der Waals surface area contributed by atoms with Crippen molar-refractivity contribution in [2.75, 3.05) is 6.61 Å². The number of benzene rings is 1. The van der Waals surface area contributed by atoms with E-state index in [1.807, 2.05) is 26.0 Å². The van der Waals surface area contributed by atoms with Crippen LogP contribution >= 0.6 is 0 Å². The molecule has 1 saturated heterocycles. The first-order valence-corrected chi connectivity index (χ1v) is 9.68. The summed E-state index contributed by atoms with van der Waals surface area (Å²) >= 11 is 0. The summed E-state index contributed by atoms with van der Waals surface area (Å²) in [5.41, 5.74) is 4.11. The number of hydrogen-bond acceptors (Lipinski definition) is 6. The minimum absolute atomic E-state index is 0.0750. The predicted molar refractivity (Wildman–Crippen MR) is 102 cm³/mol. The van der Waals surface area contributed by atoms with E-state index in [0.29, 0.717) is 35.4 Å². The van der Waals surface area contributed by atoms with Crippen LogP contribution in [-0.4, -0.2) is 39.6 Å². The summed E-state index contributed by atoms with van der Waals surface area (Å²) in [6.07, 6.45) is 3.96. The topological polar surface area (TPSA) is 87.2 Å². The number of nitrogens with zero attached hydrogens (tertiary/aromatic N) is 3. The minimum atomic E-state index is -0.450. The standard InChI is InChI=1S/C21H21N3O4/c1-11-18(12(2)28-23-11)14-8-15(20(26)17-4-3-7-27-17)19-16(9-14)24(10-25)21(22-19)13-5-6-13/h8-10,13,17H,3-7H2,1-2H3. The molecule has 2 aromatic heterocycles. The lowest BCUT2D eigenvalue weighted by Crippen LogP contribution is -2.20. The molecule has 0 bridgehead atoms. The van der Waals surface area contributed by atoms with Crippen LogP contribution in [0.5, 0.6) is 0 Å². The maximum Gasteiger partial charge on any atom is 0.219 e. The molecule has 1 atom stereocenters. The third kappa shape index (κ3) is 2.61. The average Bonchev–Trinajstić information content (AvgIpc) is 3.11. The molecule has 28 heavy (non-hydrogen) atoms. The van der Waals surface area contributed by atoms with Crippen molar-refractivity contribution in [1.29, 1.82) is 0 Å². The second kappa shape index (κ2) is 6.38. The van der Waals surface area contributed by atoms with E-state index in [-0.39, 0.29) is 11.7 Å². The number of carbonyl (C=O) groups is 2. The Bertz CT molecular complexity index is 1080. The lowest BCUT2D eigenvalue weighted by Gasteiger charge is -2.11. The van der Waals surface area contributed by atoms with Gasteiger partial charge in [-0.2, -0.15) is 0 Å². The molecule has 1 saturated carbocycles. The van der Waals surface area contributed by atoms with Crippen molar-refractivity contribution in [3.8, 4) is 11.1 Å². The molecule has 7 nitrogen and oxygen atoms in total. The molecule has 1 unspecified atom stereocenters.